The SMILES string of the molecule is CC(=O)Nc1ccc(C)c(S(=O)(=O)N(C)Cc2ccc([C@H]3C[C@@H]3C)o2)c1. The smallest absolute Gasteiger partial charge is 0.243 e. The highest BCUT2D eigenvalue weighted by atomic mass is 32.2. The molecule has 0 unspecified atom stereocenters. The van der Waals surface area contributed by atoms with Crippen LogP contribution in [0.2, 0.25) is 0 Å². The third-order valence-electron chi connectivity index (χ3n) is 4.73. The highest BCUT2D eigenvalue weighted by Gasteiger charge is 2.36. The van der Waals surface area contributed by atoms with Crippen molar-refractivity contribution in [1.82, 2.24) is 4.31 Å². The number of nitrogens with one attached hydrogen (secondary N) is 1. The van der Waals surface area contributed by atoms with Gasteiger partial charge in [0, 0.05) is 25.6 Å². The third-order valence-corrected chi connectivity index (χ3v) is 6.68. The monoisotopic (exact) mass is 376 g/mol. The number of sulfonamides is 1. The Morgan fingerprint density at radius 1 is 1.31 bits per heavy atom. The molecule has 2 atom stereocenters. The van der Waals surface area contributed by atoms with Crippen molar-refractivity contribution in [3.8, 4) is 0 Å². The minimum Gasteiger partial charge on any atom is -0.464 e. The molecule has 3 rings (SSSR count). The average molecular weight is 376 g/mol. The molecule has 0 radical (unpaired) electrons. The van der Waals surface area contributed by atoms with Gasteiger partial charge in [0.15, 0.2) is 0 Å². The van der Waals surface area contributed by atoms with Crippen molar-refractivity contribution in [3.63, 3.8) is 0 Å². The van der Waals surface area contributed by atoms with Crippen LogP contribution in [0, 0.1) is 12.8 Å². The molecule has 1 aromatic heterocycles. The molecular formula is C19H24N2O4S. The van der Waals surface area contributed by atoms with Gasteiger partial charge in [-0.2, -0.15) is 4.31 Å². The quantitative estimate of drug-likeness (QED) is 0.837. The fraction of sp³-hybridized carbons (Fsp3) is 0.421. The standard InChI is InChI=1S/C19H24N2O4S/c1-12-5-6-15(20-14(3)22)10-19(12)26(23,24)21(4)11-16-7-8-18(25-16)17-9-13(17)2/h5-8,10,13,17H,9,11H2,1-4H3,(H,20,22)/t13-,17-/m0/s1. The number of anilines is 1. The number of rotatable bonds is 6. The molecule has 0 spiro atoms. The molecule has 0 aliphatic heterocycles. The average Bonchev–Trinajstić information content (AvgIpc) is 3.10. The predicted octanol–water partition coefficient (Wildman–Crippen LogP) is 3.49. The first-order valence-corrected chi connectivity index (χ1v) is 10.1. The summed E-state index contributed by atoms with van der Waals surface area (Å²) in [4.78, 5) is 11.4. The van der Waals surface area contributed by atoms with Crippen molar-refractivity contribution in [2.75, 3.05) is 12.4 Å². The van der Waals surface area contributed by atoms with E-state index in [9.17, 15) is 13.2 Å². The Hall–Kier alpha value is -2.12. The van der Waals surface area contributed by atoms with Gasteiger partial charge in [-0.15, -0.1) is 0 Å². The Bertz CT molecular complexity index is 933. The minimum atomic E-state index is -3.71. The van der Waals surface area contributed by atoms with Gasteiger partial charge in [-0.3, -0.25) is 4.79 Å². The van der Waals surface area contributed by atoms with E-state index in [1.165, 1.54) is 24.3 Å². The van der Waals surface area contributed by atoms with Gasteiger partial charge in [0.25, 0.3) is 0 Å². The first-order valence-electron chi connectivity index (χ1n) is 8.61. The number of carbonyl (C=O) groups is 1. The van der Waals surface area contributed by atoms with Gasteiger partial charge >= 0.3 is 0 Å². The number of benzene rings is 1. The van der Waals surface area contributed by atoms with Crippen LogP contribution in [0.5, 0.6) is 0 Å². The van der Waals surface area contributed by atoms with E-state index >= 15 is 0 Å². The molecule has 7 heteroatoms. The van der Waals surface area contributed by atoms with Crippen molar-refractivity contribution in [3.05, 3.63) is 47.4 Å². The van der Waals surface area contributed by atoms with E-state index in [1.807, 2.05) is 12.1 Å². The maximum atomic E-state index is 13.0. The highest BCUT2D eigenvalue weighted by Crippen LogP contribution is 2.47. The van der Waals surface area contributed by atoms with Crippen LogP contribution in [-0.4, -0.2) is 25.7 Å². The molecule has 2 aromatic rings. The zero-order chi connectivity index (χ0) is 19.1. The number of amides is 1. The lowest BCUT2D eigenvalue weighted by Crippen LogP contribution is -2.27. The van der Waals surface area contributed by atoms with Crippen molar-refractivity contribution >= 4 is 21.6 Å². The Labute approximate surface area is 154 Å². The lowest BCUT2D eigenvalue weighted by molar-refractivity contribution is -0.114. The summed E-state index contributed by atoms with van der Waals surface area (Å²) in [7, 11) is -2.18. The Morgan fingerprint density at radius 3 is 2.62 bits per heavy atom. The second-order valence-corrected chi connectivity index (χ2v) is 9.06. The van der Waals surface area contributed by atoms with Crippen LogP contribution in [0.4, 0.5) is 5.69 Å². The summed E-state index contributed by atoms with van der Waals surface area (Å²) in [6.45, 7) is 5.45. The molecule has 1 heterocycles. The summed E-state index contributed by atoms with van der Waals surface area (Å²) in [5.41, 5.74) is 1.08. The topological polar surface area (TPSA) is 79.6 Å². The molecule has 0 saturated heterocycles. The molecule has 0 bridgehead atoms. The molecule has 1 aliphatic rings. The van der Waals surface area contributed by atoms with E-state index in [1.54, 1.807) is 19.1 Å². The first kappa shape index (κ1) is 18.7. The highest BCUT2D eigenvalue weighted by molar-refractivity contribution is 7.89. The van der Waals surface area contributed by atoms with Gasteiger partial charge in [-0.1, -0.05) is 13.0 Å². The Morgan fingerprint density at radius 2 is 2.00 bits per heavy atom. The van der Waals surface area contributed by atoms with E-state index in [0.29, 0.717) is 28.8 Å². The summed E-state index contributed by atoms with van der Waals surface area (Å²) < 4.78 is 33.0. The number of nitrogens with zero attached hydrogens (tertiary/aromatic N) is 1. The first-order chi connectivity index (χ1) is 12.2. The lowest BCUT2D eigenvalue weighted by atomic mass is 10.2. The minimum absolute atomic E-state index is 0.160. The van der Waals surface area contributed by atoms with E-state index < -0.39 is 10.0 Å². The van der Waals surface area contributed by atoms with Gasteiger partial charge in [-0.05, 0) is 49.1 Å². The summed E-state index contributed by atoms with van der Waals surface area (Å²) >= 11 is 0. The zero-order valence-electron chi connectivity index (χ0n) is 15.4. The molecule has 1 amide bonds. The molecule has 26 heavy (non-hydrogen) atoms. The van der Waals surface area contributed by atoms with Crippen LogP contribution in [-0.2, 0) is 21.4 Å². The summed E-state index contributed by atoms with van der Waals surface area (Å²) in [6, 6.07) is 8.64. The van der Waals surface area contributed by atoms with Crippen LogP contribution in [0.3, 0.4) is 0 Å². The molecular weight excluding hydrogens is 352 g/mol. The maximum Gasteiger partial charge on any atom is 0.243 e. The van der Waals surface area contributed by atoms with Crippen molar-refractivity contribution in [2.24, 2.45) is 5.92 Å². The molecule has 1 aliphatic carbocycles. The summed E-state index contributed by atoms with van der Waals surface area (Å²) in [5, 5.41) is 2.62. The van der Waals surface area contributed by atoms with E-state index in [-0.39, 0.29) is 17.3 Å². The maximum absolute atomic E-state index is 13.0. The number of hydrogen-bond donors (Lipinski definition) is 1. The number of carbonyl (C=O) groups excluding carboxylic acids is 1. The van der Waals surface area contributed by atoms with Crippen molar-refractivity contribution < 1.29 is 17.6 Å². The van der Waals surface area contributed by atoms with Gasteiger partial charge in [0.1, 0.15) is 11.5 Å². The molecule has 6 nitrogen and oxygen atoms in total. The third kappa shape index (κ3) is 3.83. The fourth-order valence-corrected chi connectivity index (χ4v) is 4.41. The predicted molar refractivity (Wildman–Crippen MR) is 99.4 cm³/mol. The van der Waals surface area contributed by atoms with Crippen LogP contribution < -0.4 is 5.32 Å². The summed E-state index contributed by atoms with van der Waals surface area (Å²) in [5.74, 6) is 2.41. The van der Waals surface area contributed by atoms with Gasteiger partial charge in [0.05, 0.1) is 11.4 Å². The van der Waals surface area contributed by atoms with Crippen LogP contribution >= 0.6 is 0 Å². The van der Waals surface area contributed by atoms with E-state index in [2.05, 4.69) is 12.2 Å². The van der Waals surface area contributed by atoms with Crippen LogP contribution in [0.15, 0.2) is 39.6 Å². The van der Waals surface area contributed by atoms with Crippen molar-refractivity contribution in [1.29, 1.82) is 0 Å². The normalized spacial score (nSPS) is 19.6. The fourth-order valence-electron chi connectivity index (χ4n) is 3.03. The van der Waals surface area contributed by atoms with E-state index in [0.717, 1.165) is 12.2 Å². The molecule has 140 valence electrons. The zero-order valence-corrected chi connectivity index (χ0v) is 16.3. The van der Waals surface area contributed by atoms with Crippen LogP contribution in [0.1, 0.15) is 43.3 Å². The van der Waals surface area contributed by atoms with Crippen molar-refractivity contribution in [2.45, 2.75) is 44.6 Å². The van der Waals surface area contributed by atoms with Gasteiger partial charge in [0.2, 0.25) is 15.9 Å². The number of furan rings is 1. The van der Waals surface area contributed by atoms with Crippen LogP contribution in [0.25, 0.3) is 0 Å². The Kier molecular flexibility index (Phi) is 4.94. The second kappa shape index (κ2) is 6.89. The molecule has 1 N–H and O–H groups in total. The molecule has 1 aromatic carbocycles. The van der Waals surface area contributed by atoms with Gasteiger partial charge in [-0.25, -0.2) is 8.42 Å². The number of aryl methyl sites for hydroxylation is 1. The molecule has 1 fully saturated rings. The summed E-state index contributed by atoms with van der Waals surface area (Å²) in [6.07, 6.45) is 1.12. The lowest BCUT2D eigenvalue weighted by Gasteiger charge is -2.18. The van der Waals surface area contributed by atoms with Gasteiger partial charge < -0.3 is 9.73 Å². The van der Waals surface area contributed by atoms with E-state index in [4.69, 9.17) is 4.42 Å². The Balaban J connectivity index is 1.80. The molecule has 1 saturated carbocycles. The largest absolute Gasteiger partial charge is 0.464 e. The second-order valence-electron chi connectivity index (χ2n) is 7.05. The number of hydrogen-bond acceptors (Lipinski definition) is 4.